The Hall–Kier alpha value is -3.42. The Bertz CT molecular complexity index is 1280. The predicted octanol–water partition coefficient (Wildman–Crippen LogP) is 4.51. The molecule has 30 heavy (non-hydrogen) atoms. The van der Waals surface area contributed by atoms with Crippen LogP contribution < -0.4 is 5.32 Å². The van der Waals surface area contributed by atoms with Gasteiger partial charge in [-0.25, -0.2) is 8.42 Å². The summed E-state index contributed by atoms with van der Waals surface area (Å²) in [6, 6.07) is 22.8. The van der Waals surface area contributed by atoms with E-state index in [1.807, 2.05) is 42.5 Å². The quantitative estimate of drug-likeness (QED) is 0.498. The van der Waals surface area contributed by atoms with E-state index in [9.17, 15) is 13.2 Å². The number of furan rings is 1. The van der Waals surface area contributed by atoms with Crippen molar-refractivity contribution in [2.45, 2.75) is 11.4 Å². The number of hydrogen-bond donors (Lipinski definition) is 1. The Labute approximate surface area is 174 Å². The van der Waals surface area contributed by atoms with Gasteiger partial charge in [0.25, 0.3) is 5.91 Å². The zero-order valence-electron chi connectivity index (χ0n) is 16.3. The number of rotatable bonds is 6. The van der Waals surface area contributed by atoms with Crippen molar-refractivity contribution in [2.24, 2.45) is 0 Å². The maximum atomic E-state index is 12.8. The fraction of sp³-hybridized carbons (Fsp3) is 0.0870. The van der Waals surface area contributed by atoms with E-state index < -0.39 is 10.0 Å². The topological polar surface area (TPSA) is 79.6 Å². The Kier molecular flexibility index (Phi) is 5.39. The first-order chi connectivity index (χ1) is 14.4. The van der Waals surface area contributed by atoms with E-state index in [1.54, 1.807) is 12.1 Å². The number of benzene rings is 3. The molecule has 0 saturated heterocycles. The highest BCUT2D eigenvalue weighted by Crippen LogP contribution is 2.24. The summed E-state index contributed by atoms with van der Waals surface area (Å²) >= 11 is 0. The summed E-state index contributed by atoms with van der Waals surface area (Å²) in [5.74, 6) is 0.242. The number of amides is 1. The highest BCUT2D eigenvalue weighted by molar-refractivity contribution is 7.89. The number of sulfonamides is 1. The minimum atomic E-state index is -3.70. The molecule has 0 saturated carbocycles. The van der Waals surface area contributed by atoms with Crippen molar-refractivity contribution in [3.8, 4) is 0 Å². The van der Waals surface area contributed by atoms with Gasteiger partial charge in [-0.15, -0.1) is 0 Å². The summed E-state index contributed by atoms with van der Waals surface area (Å²) in [6.07, 6.45) is 1.50. The summed E-state index contributed by atoms with van der Waals surface area (Å²) in [5, 5.41) is 4.86. The average Bonchev–Trinajstić information content (AvgIpc) is 3.27. The number of nitrogens with one attached hydrogen (secondary N) is 1. The molecule has 1 aromatic heterocycles. The summed E-state index contributed by atoms with van der Waals surface area (Å²) < 4.78 is 31.9. The van der Waals surface area contributed by atoms with Gasteiger partial charge in [-0.2, -0.15) is 4.31 Å². The molecule has 0 radical (unpaired) electrons. The molecule has 0 atom stereocenters. The third-order valence-corrected chi connectivity index (χ3v) is 6.64. The number of anilines is 1. The lowest BCUT2D eigenvalue weighted by atomic mass is 10.1. The maximum Gasteiger partial charge on any atom is 0.255 e. The Morgan fingerprint density at radius 1 is 0.933 bits per heavy atom. The fourth-order valence-electron chi connectivity index (χ4n) is 3.19. The van der Waals surface area contributed by atoms with Crippen LogP contribution in [0.3, 0.4) is 0 Å². The molecule has 6 nitrogen and oxygen atoms in total. The first-order valence-electron chi connectivity index (χ1n) is 9.33. The molecule has 4 aromatic rings. The molecular weight excluding hydrogens is 400 g/mol. The molecule has 4 rings (SSSR count). The predicted molar refractivity (Wildman–Crippen MR) is 116 cm³/mol. The van der Waals surface area contributed by atoms with Gasteiger partial charge in [0.2, 0.25) is 10.0 Å². The summed E-state index contributed by atoms with van der Waals surface area (Å²) in [6.45, 7) is 0.124. The third kappa shape index (κ3) is 3.98. The van der Waals surface area contributed by atoms with Gasteiger partial charge in [-0.05, 0) is 47.9 Å². The van der Waals surface area contributed by atoms with Crippen LogP contribution in [0.2, 0.25) is 0 Å². The van der Waals surface area contributed by atoms with Crippen molar-refractivity contribution in [1.82, 2.24) is 4.31 Å². The zero-order valence-corrected chi connectivity index (χ0v) is 17.1. The Morgan fingerprint density at radius 2 is 1.67 bits per heavy atom. The van der Waals surface area contributed by atoms with E-state index in [2.05, 4.69) is 5.32 Å². The van der Waals surface area contributed by atoms with Gasteiger partial charge in [0.05, 0.1) is 17.7 Å². The van der Waals surface area contributed by atoms with Crippen molar-refractivity contribution in [2.75, 3.05) is 12.4 Å². The van der Waals surface area contributed by atoms with E-state index in [1.165, 1.54) is 41.9 Å². The normalized spacial score (nSPS) is 11.7. The van der Waals surface area contributed by atoms with Crippen LogP contribution >= 0.6 is 0 Å². The standard InChI is InChI=1S/C23H20N2O4S/c1-25(16-19-8-5-15-29-19)30(27,28)20-13-11-18(12-14-20)23(26)24-22-10-4-7-17-6-2-3-9-21(17)22/h2-15H,16H2,1H3,(H,24,26). The second-order valence-corrected chi connectivity index (χ2v) is 8.89. The first-order valence-corrected chi connectivity index (χ1v) is 10.8. The second kappa shape index (κ2) is 8.14. The van der Waals surface area contributed by atoms with Gasteiger partial charge in [0, 0.05) is 23.7 Å². The molecule has 0 aliphatic rings. The first kappa shape index (κ1) is 19.9. The Balaban J connectivity index is 1.52. The molecule has 0 aliphatic carbocycles. The SMILES string of the molecule is CN(Cc1ccco1)S(=O)(=O)c1ccc(C(=O)Nc2cccc3ccccc23)cc1. The van der Waals surface area contributed by atoms with Crippen LogP contribution in [0.1, 0.15) is 16.1 Å². The Morgan fingerprint density at radius 3 is 2.40 bits per heavy atom. The molecule has 0 fully saturated rings. The second-order valence-electron chi connectivity index (χ2n) is 6.85. The molecule has 3 aromatic carbocycles. The summed E-state index contributed by atoms with van der Waals surface area (Å²) in [7, 11) is -2.22. The van der Waals surface area contributed by atoms with Crippen LogP contribution in [0.15, 0.2) is 94.4 Å². The van der Waals surface area contributed by atoms with Gasteiger partial charge < -0.3 is 9.73 Å². The minimum Gasteiger partial charge on any atom is -0.468 e. The molecule has 0 aliphatic heterocycles. The van der Waals surface area contributed by atoms with E-state index >= 15 is 0 Å². The molecular formula is C23H20N2O4S. The molecule has 1 heterocycles. The van der Waals surface area contributed by atoms with E-state index in [4.69, 9.17) is 4.42 Å². The molecule has 1 amide bonds. The van der Waals surface area contributed by atoms with Crippen molar-refractivity contribution in [3.05, 3.63) is 96.4 Å². The molecule has 1 N–H and O–H groups in total. The largest absolute Gasteiger partial charge is 0.468 e. The van der Waals surface area contributed by atoms with Crippen molar-refractivity contribution in [3.63, 3.8) is 0 Å². The lowest BCUT2D eigenvalue weighted by Crippen LogP contribution is -2.26. The number of carbonyl (C=O) groups is 1. The molecule has 0 spiro atoms. The number of nitrogens with zero attached hydrogens (tertiary/aromatic N) is 1. The molecule has 7 heteroatoms. The molecule has 152 valence electrons. The van der Waals surface area contributed by atoms with E-state index in [0.29, 0.717) is 17.0 Å². The number of carbonyl (C=O) groups excluding carboxylic acids is 1. The van der Waals surface area contributed by atoms with Crippen LogP contribution in [0.4, 0.5) is 5.69 Å². The van der Waals surface area contributed by atoms with Gasteiger partial charge in [0.1, 0.15) is 5.76 Å². The maximum absolute atomic E-state index is 12.8. The van der Waals surface area contributed by atoms with Gasteiger partial charge in [-0.1, -0.05) is 36.4 Å². The molecule has 0 unspecified atom stereocenters. The number of fused-ring (bicyclic) bond motifs is 1. The van der Waals surface area contributed by atoms with Crippen LogP contribution in [0.25, 0.3) is 10.8 Å². The zero-order chi connectivity index (χ0) is 21.1. The smallest absolute Gasteiger partial charge is 0.255 e. The van der Waals surface area contributed by atoms with E-state index in [-0.39, 0.29) is 17.3 Å². The highest BCUT2D eigenvalue weighted by Gasteiger charge is 2.22. The third-order valence-electron chi connectivity index (χ3n) is 4.82. The fourth-order valence-corrected chi connectivity index (χ4v) is 4.33. The van der Waals surface area contributed by atoms with Crippen LogP contribution in [-0.4, -0.2) is 25.7 Å². The van der Waals surface area contributed by atoms with Crippen LogP contribution in [-0.2, 0) is 16.6 Å². The monoisotopic (exact) mass is 420 g/mol. The van der Waals surface area contributed by atoms with Crippen LogP contribution in [0.5, 0.6) is 0 Å². The lowest BCUT2D eigenvalue weighted by Gasteiger charge is -2.16. The summed E-state index contributed by atoms with van der Waals surface area (Å²) in [4.78, 5) is 12.8. The van der Waals surface area contributed by atoms with Gasteiger partial charge in [0.15, 0.2) is 0 Å². The number of hydrogen-bond acceptors (Lipinski definition) is 4. The van der Waals surface area contributed by atoms with Gasteiger partial charge >= 0.3 is 0 Å². The van der Waals surface area contributed by atoms with E-state index in [0.717, 1.165) is 10.8 Å². The van der Waals surface area contributed by atoms with Crippen molar-refractivity contribution in [1.29, 1.82) is 0 Å². The average molecular weight is 420 g/mol. The molecule has 0 bridgehead atoms. The lowest BCUT2D eigenvalue weighted by molar-refractivity contribution is 0.102. The van der Waals surface area contributed by atoms with Crippen molar-refractivity contribution >= 4 is 32.4 Å². The van der Waals surface area contributed by atoms with Gasteiger partial charge in [-0.3, -0.25) is 4.79 Å². The summed E-state index contributed by atoms with van der Waals surface area (Å²) in [5.41, 5.74) is 1.07. The minimum absolute atomic E-state index is 0.110. The van der Waals surface area contributed by atoms with Crippen molar-refractivity contribution < 1.29 is 17.6 Å². The highest BCUT2D eigenvalue weighted by atomic mass is 32.2. The van der Waals surface area contributed by atoms with Crippen LogP contribution in [0, 0.1) is 0 Å².